The van der Waals surface area contributed by atoms with Crippen LogP contribution in [0.5, 0.6) is 0 Å². The van der Waals surface area contributed by atoms with Gasteiger partial charge in [-0.05, 0) is 42.4 Å². The van der Waals surface area contributed by atoms with Gasteiger partial charge in [-0.15, -0.1) is 0 Å². The summed E-state index contributed by atoms with van der Waals surface area (Å²) in [5.41, 5.74) is 9.32. The zero-order valence-corrected chi connectivity index (χ0v) is 10.7. The van der Waals surface area contributed by atoms with Crippen molar-refractivity contribution in [3.63, 3.8) is 0 Å². The number of alkyl halides is 3. The highest BCUT2D eigenvalue weighted by Gasteiger charge is 2.27. The van der Waals surface area contributed by atoms with Crippen LogP contribution in [0.25, 0.3) is 0 Å². The third kappa shape index (κ3) is 4.21. The Labute approximate surface area is 110 Å². The molecular formula is C14H18F3NO. The molecule has 19 heavy (non-hydrogen) atoms. The van der Waals surface area contributed by atoms with Gasteiger partial charge in [0.1, 0.15) is 6.61 Å². The normalized spacial score (nSPS) is 17.1. The summed E-state index contributed by atoms with van der Waals surface area (Å²) in [7, 11) is 0. The van der Waals surface area contributed by atoms with Crippen molar-refractivity contribution in [2.75, 3.05) is 13.2 Å². The molecule has 2 rings (SSSR count). The van der Waals surface area contributed by atoms with Crippen LogP contribution in [-0.2, 0) is 17.6 Å². The first-order valence-corrected chi connectivity index (χ1v) is 6.47. The van der Waals surface area contributed by atoms with Crippen LogP contribution in [0.3, 0.4) is 0 Å². The highest BCUT2D eigenvalue weighted by atomic mass is 19.4. The summed E-state index contributed by atoms with van der Waals surface area (Å²) in [5.74, 6) is 0. The Balaban J connectivity index is 1.94. The molecule has 1 aromatic carbocycles. The fourth-order valence-electron chi connectivity index (χ4n) is 2.38. The summed E-state index contributed by atoms with van der Waals surface area (Å²) in [6.45, 7) is -1.36. The molecule has 0 spiro atoms. The van der Waals surface area contributed by atoms with Crippen molar-refractivity contribution in [3.8, 4) is 0 Å². The quantitative estimate of drug-likeness (QED) is 0.914. The monoisotopic (exact) mass is 273 g/mol. The lowest BCUT2D eigenvalue weighted by atomic mass is 9.89. The predicted octanol–water partition coefficient (Wildman–Crippen LogP) is 3.14. The number of hydrogen-bond donors (Lipinski definition) is 1. The molecule has 0 bridgehead atoms. The van der Waals surface area contributed by atoms with Gasteiger partial charge in [-0.1, -0.05) is 18.2 Å². The van der Waals surface area contributed by atoms with Crippen LogP contribution < -0.4 is 5.73 Å². The van der Waals surface area contributed by atoms with Crippen molar-refractivity contribution in [1.82, 2.24) is 0 Å². The number of hydrogen-bond acceptors (Lipinski definition) is 2. The van der Waals surface area contributed by atoms with Crippen molar-refractivity contribution in [3.05, 3.63) is 34.9 Å². The number of ether oxygens (including phenoxy) is 1. The Hall–Kier alpha value is -1.07. The topological polar surface area (TPSA) is 35.2 Å². The highest BCUT2D eigenvalue weighted by Crippen LogP contribution is 2.24. The van der Waals surface area contributed by atoms with Gasteiger partial charge in [0.15, 0.2) is 0 Å². The number of benzene rings is 1. The van der Waals surface area contributed by atoms with Crippen molar-refractivity contribution in [1.29, 1.82) is 0 Å². The van der Waals surface area contributed by atoms with Crippen molar-refractivity contribution in [2.24, 2.45) is 5.73 Å². The Morgan fingerprint density at radius 3 is 2.53 bits per heavy atom. The van der Waals surface area contributed by atoms with Crippen LogP contribution in [0.2, 0.25) is 0 Å². The second kappa shape index (κ2) is 5.92. The molecule has 1 unspecified atom stereocenters. The number of halogens is 3. The molecule has 0 aliphatic heterocycles. The van der Waals surface area contributed by atoms with Crippen molar-refractivity contribution in [2.45, 2.75) is 37.9 Å². The molecule has 0 heterocycles. The molecule has 0 fully saturated rings. The first-order chi connectivity index (χ1) is 8.96. The molecule has 0 radical (unpaired) electrons. The molecule has 0 saturated carbocycles. The minimum atomic E-state index is -4.30. The van der Waals surface area contributed by atoms with E-state index in [1.165, 1.54) is 17.5 Å². The number of fused-ring (bicyclic) bond motifs is 1. The average molecular weight is 273 g/mol. The summed E-state index contributed by atoms with van der Waals surface area (Å²) >= 11 is 0. The van der Waals surface area contributed by atoms with Crippen molar-refractivity contribution >= 4 is 0 Å². The Kier molecular flexibility index (Phi) is 4.47. The van der Waals surface area contributed by atoms with E-state index in [0.29, 0.717) is 0 Å². The van der Waals surface area contributed by atoms with E-state index >= 15 is 0 Å². The Morgan fingerprint density at radius 2 is 1.84 bits per heavy atom. The standard InChI is InChI=1S/C14H18F3NO/c15-14(16,17)9-19-8-13(18)12-6-5-10-3-1-2-4-11(10)7-12/h5-7,13H,1-4,8-9,18H2. The molecule has 0 aromatic heterocycles. The van der Waals surface area contributed by atoms with Crippen LogP contribution in [0, 0.1) is 0 Å². The summed E-state index contributed by atoms with van der Waals surface area (Å²) in [5, 5.41) is 0. The van der Waals surface area contributed by atoms with Gasteiger partial charge in [-0.3, -0.25) is 0 Å². The van der Waals surface area contributed by atoms with E-state index in [1.54, 1.807) is 0 Å². The second-order valence-corrected chi connectivity index (χ2v) is 4.97. The maximum atomic E-state index is 12.0. The average Bonchev–Trinajstić information content (AvgIpc) is 2.36. The number of rotatable bonds is 4. The van der Waals surface area contributed by atoms with Gasteiger partial charge in [0, 0.05) is 0 Å². The lowest BCUT2D eigenvalue weighted by molar-refractivity contribution is -0.174. The third-order valence-corrected chi connectivity index (χ3v) is 3.36. The van der Waals surface area contributed by atoms with Crippen molar-refractivity contribution < 1.29 is 17.9 Å². The molecular weight excluding hydrogens is 255 g/mol. The molecule has 1 aromatic rings. The van der Waals surface area contributed by atoms with E-state index in [0.717, 1.165) is 24.8 Å². The summed E-state index contributed by atoms with van der Waals surface area (Å²) in [4.78, 5) is 0. The minimum absolute atomic E-state index is 0.113. The largest absolute Gasteiger partial charge is 0.411 e. The van der Waals surface area contributed by atoms with E-state index in [4.69, 9.17) is 5.73 Å². The highest BCUT2D eigenvalue weighted by molar-refractivity contribution is 5.35. The maximum absolute atomic E-state index is 12.0. The van der Waals surface area contributed by atoms with Crippen LogP contribution >= 0.6 is 0 Å². The van der Waals surface area contributed by atoms with Gasteiger partial charge in [-0.2, -0.15) is 13.2 Å². The lowest BCUT2D eigenvalue weighted by Gasteiger charge is -2.19. The fraction of sp³-hybridized carbons (Fsp3) is 0.571. The molecule has 1 aliphatic carbocycles. The zero-order valence-electron chi connectivity index (χ0n) is 10.7. The molecule has 5 heteroatoms. The van der Waals surface area contributed by atoms with Gasteiger partial charge in [0.2, 0.25) is 0 Å². The van der Waals surface area contributed by atoms with Gasteiger partial charge in [0.05, 0.1) is 12.6 Å². The van der Waals surface area contributed by atoms with Crippen LogP contribution in [-0.4, -0.2) is 19.4 Å². The molecule has 0 saturated heterocycles. The number of aryl methyl sites for hydroxylation is 2. The zero-order chi connectivity index (χ0) is 13.9. The van der Waals surface area contributed by atoms with Crippen LogP contribution in [0.1, 0.15) is 35.6 Å². The Bertz CT molecular complexity index is 431. The molecule has 1 aliphatic rings. The van der Waals surface area contributed by atoms with Gasteiger partial charge < -0.3 is 10.5 Å². The summed E-state index contributed by atoms with van der Waals surface area (Å²) < 4.78 is 40.5. The smallest absolute Gasteiger partial charge is 0.370 e. The first-order valence-electron chi connectivity index (χ1n) is 6.47. The van der Waals surface area contributed by atoms with Gasteiger partial charge in [0.25, 0.3) is 0 Å². The van der Waals surface area contributed by atoms with E-state index < -0.39 is 18.8 Å². The minimum Gasteiger partial charge on any atom is -0.370 e. The van der Waals surface area contributed by atoms with E-state index in [9.17, 15) is 13.2 Å². The predicted molar refractivity (Wildman–Crippen MR) is 66.9 cm³/mol. The lowest BCUT2D eigenvalue weighted by Crippen LogP contribution is -2.23. The molecule has 1 atom stereocenters. The maximum Gasteiger partial charge on any atom is 0.411 e. The summed E-state index contributed by atoms with van der Waals surface area (Å²) in [6, 6.07) is 5.43. The van der Waals surface area contributed by atoms with Gasteiger partial charge in [-0.25, -0.2) is 0 Å². The van der Waals surface area contributed by atoms with Gasteiger partial charge >= 0.3 is 6.18 Å². The third-order valence-electron chi connectivity index (χ3n) is 3.36. The second-order valence-electron chi connectivity index (χ2n) is 4.97. The number of nitrogens with two attached hydrogens (primary N) is 1. The van der Waals surface area contributed by atoms with E-state index in [1.807, 2.05) is 18.2 Å². The Morgan fingerprint density at radius 1 is 1.16 bits per heavy atom. The van der Waals surface area contributed by atoms with Crippen LogP contribution in [0.15, 0.2) is 18.2 Å². The first kappa shape index (κ1) is 14.3. The fourth-order valence-corrected chi connectivity index (χ4v) is 2.38. The van der Waals surface area contributed by atoms with Crippen LogP contribution in [0.4, 0.5) is 13.2 Å². The molecule has 106 valence electrons. The van der Waals surface area contributed by atoms with E-state index in [2.05, 4.69) is 4.74 Å². The van der Waals surface area contributed by atoms with E-state index in [-0.39, 0.29) is 6.61 Å². The SMILES string of the molecule is NC(COCC(F)(F)F)c1ccc2c(c1)CCCC2. The molecule has 2 nitrogen and oxygen atoms in total. The summed E-state index contributed by atoms with van der Waals surface area (Å²) in [6.07, 6.45) is 0.174. The molecule has 2 N–H and O–H groups in total. The molecule has 0 amide bonds.